The van der Waals surface area contributed by atoms with Crippen LogP contribution in [-0.4, -0.2) is 18.1 Å². The summed E-state index contributed by atoms with van der Waals surface area (Å²) in [7, 11) is -4.13. The molecule has 0 aliphatic carbocycles. The molecule has 7 aromatic carbocycles. The molecular weight excluding hydrogens is 528 g/mol. The molecule has 0 aliphatic rings. The maximum Gasteiger partial charge on any atom is 0.295 e. The van der Waals surface area contributed by atoms with Crippen molar-refractivity contribution in [2.24, 2.45) is 0 Å². The highest BCUT2D eigenvalue weighted by Gasteiger charge is 2.15. The molecule has 7 rings (SSSR count). The molecule has 2 N–H and O–H groups in total. The zero-order chi connectivity index (χ0) is 28.7. The highest BCUT2D eigenvalue weighted by atomic mass is 32.2. The first-order valence-corrected chi connectivity index (χ1v) is 14.8. The van der Waals surface area contributed by atoms with Crippen molar-refractivity contribution < 1.29 is 18.1 Å². The second kappa shape index (κ2) is 10.4. The van der Waals surface area contributed by atoms with Gasteiger partial charge in [0.2, 0.25) is 0 Å². The van der Waals surface area contributed by atoms with Crippen LogP contribution >= 0.6 is 0 Å². The number of benzene rings is 7. The second-order valence-corrected chi connectivity index (χ2v) is 11.6. The smallest absolute Gasteiger partial charge is 0.295 e. The van der Waals surface area contributed by atoms with Gasteiger partial charge in [0.25, 0.3) is 10.1 Å². The number of fused-ring (bicyclic) bond motifs is 4. The fourth-order valence-corrected chi connectivity index (χ4v) is 6.32. The van der Waals surface area contributed by atoms with E-state index in [-0.39, 0.29) is 4.90 Å². The molecule has 0 aliphatic heterocycles. The molecule has 0 fully saturated rings. The standard InChI is InChI=1S/C26H20O.C10H8O3S/c1-16-13-20-14-18-7-3-4-8-19(18)15-24(20)26(17(16)2)23-11-12-25(27)22-10-6-5-9-21(22)23;11-14(12,13)10-7-3-5-8-4-1-2-6-9(8)10/h3-15,27H,1-2H3;1-7H,(H,11,12,13). The predicted octanol–water partition coefficient (Wildman–Crippen LogP) is 9.22. The van der Waals surface area contributed by atoms with Gasteiger partial charge in [-0.3, -0.25) is 4.55 Å². The van der Waals surface area contributed by atoms with Crippen molar-refractivity contribution in [2.75, 3.05) is 0 Å². The van der Waals surface area contributed by atoms with Crippen molar-refractivity contribution in [1.29, 1.82) is 0 Å². The van der Waals surface area contributed by atoms with Gasteiger partial charge in [0.05, 0.1) is 0 Å². The van der Waals surface area contributed by atoms with Crippen LogP contribution < -0.4 is 0 Å². The van der Waals surface area contributed by atoms with E-state index in [9.17, 15) is 13.5 Å². The number of phenols is 1. The third-order valence-corrected chi connectivity index (χ3v) is 8.64. The van der Waals surface area contributed by atoms with E-state index in [0.29, 0.717) is 11.1 Å². The van der Waals surface area contributed by atoms with Crippen LogP contribution in [0.15, 0.2) is 126 Å². The lowest BCUT2D eigenvalue weighted by atomic mass is 9.87. The summed E-state index contributed by atoms with van der Waals surface area (Å²) in [6, 6.07) is 39.1. The predicted molar refractivity (Wildman–Crippen MR) is 169 cm³/mol. The molecule has 0 heterocycles. The van der Waals surface area contributed by atoms with E-state index in [4.69, 9.17) is 4.55 Å². The molecule has 0 radical (unpaired) electrons. The van der Waals surface area contributed by atoms with E-state index in [1.165, 1.54) is 49.9 Å². The van der Waals surface area contributed by atoms with Crippen molar-refractivity contribution in [2.45, 2.75) is 18.7 Å². The molecule has 4 nitrogen and oxygen atoms in total. The first-order chi connectivity index (χ1) is 19.7. The zero-order valence-electron chi connectivity index (χ0n) is 22.7. The molecule has 41 heavy (non-hydrogen) atoms. The van der Waals surface area contributed by atoms with Crippen LogP contribution in [0.5, 0.6) is 5.75 Å². The zero-order valence-corrected chi connectivity index (χ0v) is 23.5. The van der Waals surface area contributed by atoms with Crippen LogP contribution in [0.4, 0.5) is 0 Å². The SMILES string of the molecule is Cc1cc2cc3ccccc3cc2c(-c2ccc(O)c3ccccc23)c1C.O=S(=O)(O)c1cccc2ccccc12. The summed E-state index contributed by atoms with van der Waals surface area (Å²) in [6.07, 6.45) is 0. The van der Waals surface area contributed by atoms with Crippen LogP contribution in [-0.2, 0) is 10.1 Å². The molecule has 0 spiro atoms. The monoisotopic (exact) mass is 556 g/mol. The Balaban J connectivity index is 0.000000182. The van der Waals surface area contributed by atoms with Gasteiger partial charge in [-0.25, -0.2) is 0 Å². The average Bonchev–Trinajstić information content (AvgIpc) is 2.97. The van der Waals surface area contributed by atoms with Gasteiger partial charge in [0.1, 0.15) is 10.6 Å². The maximum absolute atomic E-state index is 11.0. The summed E-state index contributed by atoms with van der Waals surface area (Å²) in [6.45, 7) is 4.37. The molecule has 0 unspecified atom stereocenters. The van der Waals surface area contributed by atoms with Gasteiger partial charge in [-0.2, -0.15) is 8.42 Å². The van der Waals surface area contributed by atoms with Crippen LogP contribution in [0.25, 0.3) is 54.2 Å². The van der Waals surface area contributed by atoms with E-state index in [1.807, 2.05) is 36.4 Å². The van der Waals surface area contributed by atoms with Gasteiger partial charge >= 0.3 is 0 Å². The normalized spacial score (nSPS) is 11.6. The lowest BCUT2D eigenvalue weighted by molar-refractivity contribution is 0.481. The largest absolute Gasteiger partial charge is 0.507 e. The first-order valence-electron chi connectivity index (χ1n) is 13.3. The van der Waals surface area contributed by atoms with Crippen LogP contribution in [0, 0.1) is 13.8 Å². The Kier molecular flexibility index (Phi) is 6.70. The van der Waals surface area contributed by atoms with Crippen LogP contribution in [0.2, 0.25) is 0 Å². The average molecular weight is 557 g/mol. The lowest BCUT2D eigenvalue weighted by Gasteiger charge is -2.17. The van der Waals surface area contributed by atoms with Crippen LogP contribution in [0.3, 0.4) is 0 Å². The molecular formula is C36H28O4S. The second-order valence-electron chi connectivity index (χ2n) is 10.2. The Bertz CT molecular complexity index is 2210. The summed E-state index contributed by atoms with van der Waals surface area (Å²) < 4.78 is 31.0. The highest BCUT2D eigenvalue weighted by molar-refractivity contribution is 7.86. The Morgan fingerprint density at radius 3 is 1.83 bits per heavy atom. The molecule has 0 amide bonds. The van der Waals surface area contributed by atoms with Crippen molar-refractivity contribution in [3.05, 3.63) is 132 Å². The number of aromatic hydroxyl groups is 1. The van der Waals surface area contributed by atoms with E-state index >= 15 is 0 Å². The van der Waals surface area contributed by atoms with Crippen molar-refractivity contribution in [1.82, 2.24) is 0 Å². The molecule has 0 saturated carbocycles. The maximum atomic E-state index is 11.0. The Morgan fingerprint density at radius 2 is 1.12 bits per heavy atom. The minimum atomic E-state index is -4.13. The van der Waals surface area contributed by atoms with Gasteiger partial charge < -0.3 is 5.11 Å². The van der Waals surface area contributed by atoms with E-state index in [1.54, 1.807) is 30.3 Å². The van der Waals surface area contributed by atoms with E-state index in [2.05, 4.69) is 62.4 Å². The molecule has 5 heteroatoms. The fourth-order valence-electron chi connectivity index (χ4n) is 5.60. The number of phenolic OH excluding ortho intramolecular Hbond substituents is 1. The third-order valence-electron chi connectivity index (χ3n) is 7.72. The number of hydrogen-bond donors (Lipinski definition) is 2. The van der Waals surface area contributed by atoms with Gasteiger partial charge in [-0.1, -0.05) is 97.1 Å². The Labute approximate surface area is 238 Å². The molecule has 0 bridgehead atoms. The van der Waals surface area contributed by atoms with Gasteiger partial charge in [-0.15, -0.1) is 0 Å². The quantitative estimate of drug-likeness (QED) is 0.164. The molecule has 0 atom stereocenters. The van der Waals surface area contributed by atoms with Crippen molar-refractivity contribution >= 4 is 53.2 Å². The van der Waals surface area contributed by atoms with Gasteiger partial charge in [0, 0.05) is 10.8 Å². The Morgan fingerprint density at radius 1 is 0.537 bits per heavy atom. The van der Waals surface area contributed by atoms with Crippen LogP contribution in [0.1, 0.15) is 11.1 Å². The lowest BCUT2D eigenvalue weighted by Crippen LogP contribution is -1.98. The van der Waals surface area contributed by atoms with Crippen molar-refractivity contribution in [3.8, 4) is 16.9 Å². The summed E-state index contributed by atoms with van der Waals surface area (Å²) >= 11 is 0. The summed E-state index contributed by atoms with van der Waals surface area (Å²) in [5.41, 5.74) is 5.00. The summed E-state index contributed by atoms with van der Waals surface area (Å²) in [5, 5.41) is 18.6. The third kappa shape index (κ3) is 4.91. The van der Waals surface area contributed by atoms with Gasteiger partial charge in [-0.05, 0) is 92.7 Å². The summed E-state index contributed by atoms with van der Waals surface area (Å²) in [5.74, 6) is 0.328. The van der Waals surface area contributed by atoms with E-state index in [0.717, 1.165) is 16.2 Å². The minimum absolute atomic E-state index is 0.0457. The number of rotatable bonds is 2. The highest BCUT2D eigenvalue weighted by Crippen LogP contribution is 2.41. The molecule has 0 saturated heterocycles. The van der Waals surface area contributed by atoms with Gasteiger partial charge in [0.15, 0.2) is 0 Å². The first kappa shape index (κ1) is 26.5. The molecule has 7 aromatic rings. The fraction of sp³-hybridized carbons (Fsp3) is 0.0556. The number of hydrogen-bond acceptors (Lipinski definition) is 3. The summed E-state index contributed by atoms with van der Waals surface area (Å²) in [4.78, 5) is -0.0457. The molecule has 0 aromatic heterocycles. The van der Waals surface area contributed by atoms with E-state index < -0.39 is 10.1 Å². The molecule has 202 valence electrons. The topological polar surface area (TPSA) is 74.6 Å². The minimum Gasteiger partial charge on any atom is -0.507 e. The number of aryl methyl sites for hydroxylation is 1. The Hall–Kier alpha value is -4.71. The van der Waals surface area contributed by atoms with Crippen molar-refractivity contribution in [3.63, 3.8) is 0 Å².